The Labute approximate surface area is 153 Å². The minimum atomic E-state index is -0.246. The van der Waals surface area contributed by atoms with E-state index < -0.39 is 0 Å². The zero-order valence-electron chi connectivity index (χ0n) is 15.5. The van der Waals surface area contributed by atoms with Gasteiger partial charge >= 0.3 is 0 Å². The number of piperazine rings is 1. The molecular weight excluding hydrogens is 330 g/mol. The van der Waals surface area contributed by atoms with Gasteiger partial charge in [0.1, 0.15) is 11.3 Å². The van der Waals surface area contributed by atoms with Gasteiger partial charge in [-0.3, -0.25) is 14.5 Å². The van der Waals surface area contributed by atoms with Crippen molar-refractivity contribution in [2.45, 2.75) is 13.0 Å². The van der Waals surface area contributed by atoms with Crippen LogP contribution in [0.5, 0.6) is 5.75 Å². The third kappa shape index (κ3) is 3.65. The summed E-state index contributed by atoms with van der Waals surface area (Å²) in [7, 11) is 3.33. The monoisotopic (exact) mass is 355 g/mol. The fourth-order valence-corrected chi connectivity index (χ4v) is 3.35. The van der Waals surface area contributed by atoms with Crippen LogP contribution in [0.1, 0.15) is 28.9 Å². The maximum absolute atomic E-state index is 12.7. The highest BCUT2D eigenvalue weighted by molar-refractivity contribution is 5.93. The average Bonchev–Trinajstić information content (AvgIpc) is 2.69. The summed E-state index contributed by atoms with van der Waals surface area (Å²) in [6.45, 7) is 4.95. The molecule has 0 saturated carbocycles. The van der Waals surface area contributed by atoms with E-state index in [-0.39, 0.29) is 23.1 Å². The molecule has 1 fully saturated rings. The molecule has 0 radical (unpaired) electrons. The van der Waals surface area contributed by atoms with E-state index in [0.717, 1.165) is 18.8 Å². The van der Waals surface area contributed by atoms with E-state index in [1.807, 2.05) is 12.1 Å². The molecular formula is C20H25N3O3. The van der Waals surface area contributed by atoms with Gasteiger partial charge in [0.25, 0.3) is 11.5 Å². The van der Waals surface area contributed by atoms with Crippen molar-refractivity contribution in [2.75, 3.05) is 33.3 Å². The lowest BCUT2D eigenvalue weighted by Crippen LogP contribution is -2.50. The van der Waals surface area contributed by atoms with Crippen LogP contribution in [0.2, 0.25) is 0 Å². The zero-order chi connectivity index (χ0) is 18.7. The molecule has 1 saturated heterocycles. The number of carbonyl (C=O) groups excluding carboxylic acids is 1. The SMILES string of the molecule is COc1cccc(C(C)N2CCN(C(=O)c3cccn(C)c3=O)CC2)c1. The zero-order valence-corrected chi connectivity index (χ0v) is 15.5. The van der Waals surface area contributed by atoms with Gasteiger partial charge in [0.05, 0.1) is 7.11 Å². The van der Waals surface area contributed by atoms with Gasteiger partial charge in [-0.05, 0) is 36.8 Å². The topological polar surface area (TPSA) is 54.8 Å². The first-order valence-corrected chi connectivity index (χ1v) is 8.84. The lowest BCUT2D eigenvalue weighted by atomic mass is 10.1. The van der Waals surface area contributed by atoms with Crippen molar-refractivity contribution in [2.24, 2.45) is 7.05 Å². The molecule has 1 aliphatic rings. The molecule has 3 rings (SSSR count). The number of hydrogen-bond donors (Lipinski definition) is 0. The van der Waals surface area contributed by atoms with Crippen LogP contribution in [0.15, 0.2) is 47.4 Å². The smallest absolute Gasteiger partial charge is 0.263 e. The second-order valence-corrected chi connectivity index (χ2v) is 6.62. The van der Waals surface area contributed by atoms with E-state index >= 15 is 0 Å². The summed E-state index contributed by atoms with van der Waals surface area (Å²) in [6.07, 6.45) is 1.66. The van der Waals surface area contributed by atoms with E-state index in [1.165, 1.54) is 10.1 Å². The first kappa shape index (κ1) is 18.2. The number of benzene rings is 1. The van der Waals surface area contributed by atoms with Crippen LogP contribution in [0.3, 0.4) is 0 Å². The van der Waals surface area contributed by atoms with Gasteiger partial charge in [0.15, 0.2) is 0 Å². The summed E-state index contributed by atoms with van der Waals surface area (Å²) in [4.78, 5) is 29.0. The van der Waals surface area contributed by atoms with E-state index in [4.69, 9.17) is 4.74 Å². The highest BCUT2D eigenvalue weighted by Gasteiger charge is 2.26. The number of pyridine rings is 1. The lowest BCUT2D eigenvalue weighted by Gasteiger charge is -2.38. The molecule has 1 amide bonds. The van der Waals surface area contributed by atoms with E-state index in [9.17, 15) is 9.59 Å². The minimum Gasteiger partial charge on any atom is -0.497 e. The predicted octanol–water partition coefficient (Wildman–Crippen LogP) is 1.91. The van der Waals surface area contributed by atoms with Gasteiger partial charge in [-0.1, -0.05) is 12.1 Å². The Morgan fingerprint density at radius 2 is 1.85 bits per heavy atom. The number of carbonyl (C=O) groups is 1. The maximum Gasteiger partial charge on any atom is 0.263 e. The fourth-order valence-electron chi connectivity index (χ4n) is 3.35. The summed E-state index contributed by atoms with van der Waals surface area (Å²) >= 11 is 0. The van der Waals surface area contributed by atoms with Crippen LogP contribution in [-0.4, -0.2) is 53.6 Å². The van der Waals surface area contributed by atoms with Crippen molar-refractivity contribution >= 4 is 5.91 Å². The standard InChI is InChI=1S/C20H25N3O3/c1-15(16-6-4-7-17(14-16)26-3)22-10-12-23(13-11-22)20(25)18-8-5-9-21(2)19(18)24/h4-9,14-15H,10-13H2,1-3H3. The summed E-state index contributed by atoms with van der Waals surface area (Å²) < 4.78 is 6.75. The van der Waals surface area contributed by atoms with Crippen LogP contribution < -0.4 is 10.3 Å². The summed E-state index contributed by atoms with van der Waals surface area (Å²) in [5.74, 6) is 0.669. The Kier molecular flexibility index (Phi) is 5.42. The normalized spacial score (nSPS) is 16.3. The first-order chi connectivity index (χ1) is 12.5. The third-order valence-corrected chi connectivity index (χ3v) is 5.08. The number of aromatic nitrogens is 1. The van der Waals surface area contributed by atoms with Crippen LogP contribution >= 0.6 is 0 Å². The molecule has 1 unspecified atom stereocenters. The van der Waals surface area contributed by atoms with Gasteiger partial charge in [0, 0.05) is 45.5 Å². The molecule has 138 valence electrons. The Bertz CT molecular complexity index is 838. The van der Waals surface area contributed by atoms with E-state index in [1.54, 1.807) is 37.4 Å². The van der Waals surface area contributed by atoms with Crippen LogP contribution in [0.25, 0.3) is 0 Å². The van der Waals surface area contributed by atoms with Crippen molar-refractivity contribution in [3.8, 4) is 5.75 Å². The molecule has 1 aromatic carbocycles. The summed E-state index contributed by atoms with van der Waals surface area (Å²) in [6, 6.07) is 11.7. The fraction of sp³-hybridized carbons (Fsp3) is 0.400. The molecule has 26 heavy (non-hydrogen) atoms. The van der Waals surface area contributed by atoms with Crippen LogP contribution in [0, 0.1) is 0 Å². The first-order valence-electron chi connectivity index (χ1n) is 8.84. The number of ether oxygens (including phenoxy) is 1. The molecule has 1 atom stereocenters. The largest absolute Gasteiger partial charge is 0.497 e. The van der Waals surface area contributed by atoms with E-state index in [0.29, 0.717) is 13.1 Å². The van der Waals surface area contributed by atoms with Gasteiger partial charge in [-0.25, -0.2) is 0 Å². The van der Waals surface area contributed by atoms with Crippen molar-refractivity contribution in [1.82, 2.24) is 14.4 Å². The minimum absolute atomic E-state index is 0.181. The van der Waals surface area contributed by atoms with Crippen LogP contribution in [0.4, 0.5) is 0 Å². The number of methoxy groups -OCH3 is 1. The Balaban J connectivity index is 1.66. The molecule has 2 heterocycles. The number of nitrogens with zero attached hydrogens (tertiary/aromatic N) is 3. The molecule has 6 heteroatoms. The Hall–Kier alpha value is -2.60. The van der Waals surface area contributed by atoms with Crippen molar-refractivity contribution in [3.63, 3.8) is 0 Å². The van der Waals surface area contributed by atoms with Crippen LogP contribution in [-0.2, 0) is 7.05 Å². The second-order valence-electron chi connectivity index (χ2n) is 6.62. The van der Waals surface area contributed by atoms with Crippen molar-refractivity contribution in [1.29, 1.82) is 0 Å². The molecule has 0 bridgehead atoms. The summed E-state index contributed by atoms with van der Waals surface area (Å²) in [5, 5.41) is 0. The molecule has 1 aromatic heterocycles. The van der Waals surface area contributed by atoms with Gasteiger partial charge < -0.3 is 14.2 Å². The quantitative estimate of drug-likeness (QED) is 0.841. The molecule has 6 nitrogen and oxygen atoms in total. The van der Waals surface area contributed by atoms with Crippen molar-refractivity contribution < 1.29 is 9.53 Å². The lowest BCUT2D eigenvalue weighted by molar-refractivity contribution is 0.0580. The number of aryl methyl sites for hydroxylation is 1. The second kappa shape index (κ2) is 7.74. The van der Waals surface area contributed by atoms with Gasteiger partial charge in [-0.15, -0.1) is 0 Å². The third-order valence-electron chi connectivity index (χ3n) is 5.08. The Morgan fingerprint density at radius 1 is 1.12 bits per heavy atom. The van der Waals surface area contributed by atoms with Gasteiger partial charge in [0.2, 0.25) is 0 Å². The number of hydrogen-bond acceptors (Lipinski definition) is 4. The maximum atomic E-state index is 12.7. The molecule has 0 spiro atoms. The molecule has 1 aliphatic heterocycles. The highest BCUT2D eigenvalue weighted by atomic mass is 16.5. The molecule has 0 N–H and O–H groups in total. The van der Waals surface area contributed by atoms with E-state index in [2.05, 4.69) is 24.0 Å². The van der Waals surface area contributed by atoms with Crippen molar-refractivity contribution in [3.05, 3.63) is 64.1 Å². The highest BCUT2D eigenvalue weighted by Crippen LogP contribution is 2.25. The molecule has 0 aliphatic carbocycles. The predicted molar refractivity (Wildman–Crippen MR) is 101 cm³/mol. The average molecular weight is 355 g/mol. The van der Waals surface area contributed by atoms with Gasteiger partial charge in [-0.2, -0.15) is 0 Å². The molecule has 2 aromatic rings. The summed E-state index contributed by atoms with van der Waals surface area (Å²) in [5.41, 5.74) is 1.19. The number of rotatable bonds is 4. The number of amides is 1. The Morgan fingerprint density at radius 3 is 2.54 bits per heavy atom.